The lowest BCUT2D eigenvalue weighted by molar-refractivity contribution is -0.151. The lowest BCUT2D eigenvalue weighted by Gasteiger charge is -2.39. The van der Waals surface area contributed by atoms with Gasteiger partial charge in [-0.2, -0.15) is 0 Å². The van der Waals surface area contributed by atoms with Crippen molar-refractivity contribution in [3.05, 3.63) is 0 Å². The second-order valence-corrected chi connectivity index (χ2v) is 6.02. The van der Waals surface area contributed by atoms with Crippen LogP contribution in [-0.4, -0.2) is 47.7 Å². The molecular formula is C13H21NO4. The molecule has 5 heteroatoms. The summed E-state index contributed by atoms with van der Waals surface area (Å²) in [6, 6.07) is 0. The van der Waals surface area contributed by atoms with Gasteiger partial charge in [0.15, 0.2) is 5.78 Å². The molecule has 1 heterocycles. The number of ether oxygens (including phenoxy) is 2. The number of nitrogens with zero attached hydrogens (tertiary/aromatic N) is 1. The van der Waals surface area contributed by atoms with Crippen molar-refractivity contribution in [2.75, 3.05) is 19.7 Å². The Labute approximate surface area is 107 Å². The Morgan fingerprint density at radius 1 is 1.44 bits per heavy atom. The van der Waals surface area contributed by atoms with Gasteiger partial charge in [-0.3, -0.25) is 4.79 Å². The predicted octanol–water partition coefficient (Wildman–Crippen LogP) is 1.75. The first-order chi connectivity index (χ1) is 8.32. The van der Waals surface area contributed by atoms with Gasteiger partial charge in [-0.05, 0) is 33.6 Å². The molecule has 1 amide bonds. The zero-order chi connectivity index (χ0) is 13.4. The maximum Gasteiger partial charge on any atom is 0.410 e. The van der Waals surface area contributed by atoms with Crippen LogP contribution in [0.2, 0.25) is 0 Å². The highest BCUT2D eigenvalue weighted by molar-refractivity contribution is 5.90. The van der Waals surface area contributed by atoms with Crippen molar-refractivity contribution in [2.24, 2.45) is 0 Å². The van der Waals surface area contributed by atoms with E-state index in [1.165, 1.54) is 0 Å². The molecule has 1 aliphatic heterocycles. The first-order valence-corrected chi connectivity index (χ1v) is 6.48. The number of carbonyl (C=O) groups is 2. The first kappa shape index (κ1) is 13.3. The van der Waals surface area contributed by atoms with Gasteiger partial charge in [0, 0.05) is 13.0 Å². The van der Waals surface area contributed by atoms with E-state index < -0.39 is 11.2 Å². The summed E-state index contributed by atoms with van der Waals surface area (Å²) < 4.78 is 11.0. The quantitative estimate of drug-likeness (QED) is 0.661. The Morgan fingerprint density at radius 2 is 2.17 bits per heavy atom. The molecule has 2 aliphatic rings. The van der Waals surface area contributed by atoms with Crippen LogP contribution in [0.4, 0.5) is 4.79 Å². The highest BCUT2D eigenvalue weighted by Crippen LogP contribution is 2.33. The summed E-state index contributed by atoms with van der Waals surface area (Å²) >= 11 is 0. The van der Waals surface area contributed by atoms with Gasteiger partial charge in [0.2, 0.25) is 0 Å². The van der Waals surface area contributed by atoms with E-state index in [0.29, 0.717) is 32.5 Å². The molecule has 1 spiro atoms. The van der Waals surface area contributed by atoms with Crippen LogP contribution in [0.15, 0.2) is 0 Å². The summed E-state index contributed by atoms with van der Waals surface area (Å²) in [6.07, 6.45) is 1.76. The van der Waals surface area contributed by atoms with Crippen molar-refractivity contribution < 1.29 is 19.1 Å². The van der Waals surface area contributed by atoms with Crippen LogP contribution in [0, 0.1) is 0 Å². The minimum Gasteiger partial charge on any atom is -0.444 e. The van der Waals surface area contributed by atoms with Crippen molar-refractivity contribution in [1.29, 1.82) is 0 Å². The maximum absolute atomic E-state index is 12.0. The maximum atomic E-state index is 12.0. The number of ketones is 1. The van der Waals surface area contributed by atoms with E-state index in [9.17, 15) is 9.59 Å². The Bertz CT molecular complexity index is 360. The third-order valence-corrected chi connectivity index (χ3v) is 3.33. The fraction of sp³-hybridized carbons (Fsp3) is 0.846. The fourth-order valence-corrected chi connectivity index (χ4v) is 2.49. The molecule has 1 aliphatic carbocycles. The smallest absolute Gasteiger partial charge is 0.410 e. The molecule has 18 heavy (non-hydrogen) atoms. The zero-order valence-corrected chi connectivity index (χ0v) is 11.3. The summed E-state index contributed by atoms with van der Waals surface area (Å²) in [5, 5.41) is 0. The molecule has 0 aromatic heterocycles. The average molecular weight is 255 g/mol. The fourth-order valence-electron chi connectivity index (χ4n) is 2.49. The van der Waals surface area contributed by atoms with E-state index in [4.69, 9.17) is 9.47 Å². The Hall–Kier alpha value is -1.10. The molecule has 5 nitrogen and oxygen atoms in total. The topological polar surface area (TPSA) is 55.8 Å². The summed E-state index contributed by atoms with van der Waals surface area (Å²) in [7, 11) is 0. The van der Waals surface area contributed by atoms with Crippen molar-refractivity contribution in [1.82, 2.24) is 4.90 Å². The molecule has 102 valence electrons. The molecule has 1 atom stereocenters. The Kier molecular flexibility index (Phi) is 3.36. The SMILES string of the molecule is CC(C)(C)OC(=O)N1CCOC2(CCCC2=O)C1. The minimum absolute atomic E-state index is 0.121. The van der Waals surface area contributed by atoms with Crippen LogP contribution < -0.4 is 0 Å². The van der Waals surface area contributed by atoms with E-state index in [2.05, 4.69) is 0 Å². The molecule has 2 rings (SSSR count). The number of hydrogen-bond acceptors (Lipinski definition) is 4. The van der Waals surface area contributed by atoms with E-state index in [1.807, 2.05) is 20.8 Å². The van der Waals surface area contributed by atoms with Crippen molar-refractivity contribution in [2.45, 2.75) is 51.2 Å². The van der Waals surface area contributed by atoms with Crippen molar-refractivity contribution in [3.8, 4) is 0 Å². The van der Waals surface area contributed by atoms with Gasteiger partial charge >= 0.3 is 6.09 Å². The normalized spacial score (nSPS) is 28.8. The lowest BCUT2D eigenvalue weighted by atomic mass is 9.99. The van der Waals surface area contributed by atoms with E-state index in [1.54, 1.807) is 4.90 Å². The third kappa shape index (κ3) is 2.66. The second-order valence-electron chi connectivity index (χ2n) is 6.02. The van der Waals surface area contributed by atoms with Gasteiger partial charge in [-0.1, -0.05) is 0 Å². The summed E-state index contributed by atoms with van der Waals surface area (Å²) in [5.74, 6) is 0.121. The number of Topliss-reactive ketones (excluding diaryl/α,β-unsaturated/α-hetero) is 1. The zero-order valence-electron chi connectivity index (χ0n) is 11.3. The molecule has 0 radical (unpaired) electrons. The monoisotopic (exact) mass is 255 g/mol. The first-order valence-electron chi connectivity index (χ1n) is 6.48. The number of morpholine rings is 1. The summed E-state index contributed by atoms with van der Waals surface area (Å²) in [6.45, 7) is 6.74. The van der Waals surface area contributed by atoms with E-state index in [-0.39, 0.29) is 11.9 Å². The van der Waals surface area contributed by atoms with Crippen LogP contribution in [0.3, 0.4) is 0 Å². The van der Waals surface area contributed by atoms with Crippen LogP contribution >= 0.6 is 0 Å². The van der Waals surface area contributed by atoms with E-state index in [0.717, 1.165) is 6.42 Å². The van der Waals surface area contributed by atoms with Crippen LogP contribution in [-0.2, 0) is 14.3 Å². The van der Waals surface area contributed by atoms with Crippen molar-refractivity contribution >= 4 is 11.9 Å². The molecule has 1 saturated carbocycles. The largest absolute Gasteiger partial charge is 0.444 e. The standard InChI is InChI=1S/C13H21NO4/c1-12(2,3)18-11(16)14-7-8-17-13(9-14)6-4-5-10(13)15/h4-9H2,1-3H3. The van der Waals surface area contributed by atoms with E-state index >= 15 is 0 Å². The number of amides is 1. The minimum atomic E-state index is -0.755. The highest BCUT2D eigenvalue weighted by atomic mass is 16.6. The second kappa shape index (κ2) is 4.53. The predicted molar refractivity (Wildman–Crippen MR) is 65.3 cm³/mol. The molecule has 1 unspecified atom stereocenters. The highest BCUT2D eigenvalue weighted by Gasteiger charge is 2.47. The molecule has 1 saturated heterocycles. The van der Waals surface area contributed by atoms with Gasteiger partial charge < -0.3 is 14.4 Å². The number of hydrogen-bond donors (Lipinski definition) is 0. The van der Waals surface area contributed by atoms with Gasteiger partial charge in [0.25, 0.3) is 0 Å². The Morgan fingerprint density at radius 3 is 2.72 bits per heavy atom. The molecule has 0 bridgehead atoms. The summed E-state index contributed by atoms with van der Waals surface area (Å²) in [4.78, 5) is 25.5. The number of carbonyl (C=O) groups excluding carboxylic acids is 2. The van der Waals surface area contributed by atoms with Gasteiger partial charge in [0.05, 0.1) is 13.2 Å². The third-order valence-electron chi connectivity index (χ3n) is 3.33. The lowest BCUT2D eigenvalue weighted by Crippen LogP contribution is -2.56. The van der Waals surface area contributed by atoms with Crippen LogP contribution in [0.25, 0.3) is 0 Å². The van der Waals surface area contributed by atoms with Gasteiger partial charge in [-0.15, -0.1) is 0 Å². The van der Waals surface area contributed by atoms with Crippen molar-refractivity contribution in [3.63, 3.8) is 0 Å². The van der Waals surface area contributed by atoms with Gasteiger partial charge in [0.1, 0.15) is 11.2 Å². The molecule has 0 N–H and O–H groups in total. The summed E-state index contributed by atoms with van der Waals surface area (Å²) in [5.41, 5.74) is -1.27. The molecular weight excluding hydrogens is 234 g/mol. The number of rotatable bonds is 0. The average Bonchev–Trinajstić information content (AvgIpc) is 2.58. The molecule has 0 aromatic carbocycles. The van der Waals surface area contributed by atoms with Gasteiger partial charge in [-0.25, -0.2) is 4.79 Å². The van der Waals surface area contributed by atoms with Crippen LogP contribution in [0.5, 0.6) is 0 Å². The van der Waals surface area contributed by atoms with Crippen LogP contribution in [0.1, 0.15) is 40.0 Å². The molecule has 0 aromatic rings. The molecule has 2 fully saturated rings. The Balaban J connectivity index is 2.03.